The highest BCUT2D eigenvalue weighted by Gasteiger charge is 2.30. The maximum Gasteiger partial charge on any atom is 0.244 e. The Labute approximate surface area is 181 Å². The molecule has 0 aliphatic carbocycles. The van der Waals surface area contributed by atoms with Crippen LogP contribution >= 0.6 is 11.8 Å². The molecule has 1 amide bonds. The van der Waals surface area contributed by atoms with Gasteiger partial charge in [0.15, 0.2) is 0 Å². The van der Waals surface area contributed by atoms with E-state index >= 15 is 0 Å². The van der Waals surface area contributed by atoms with Gasteiger partial charge < -0.3 is 9.64 Å². The third-order valence-electron chi connectivity index (χ3n) is 5.30. The van der Waals surface area contributed by atoms with Gasteiger partial charge in [-0.1, -0.05) is 42.1 Å². The number of carbonyl (C=O) groups is 1. The normalized spacial score (nSPS) is 19.0. The second-order valence-corrected chi connectivity index (χ2v) is 10.4. The first-order chi connectivity index (χ1) is 14.6. The van der Waals surface area contributed by atoms with E-state index in [1.54, 1.807) is 12.1 Å². The van der Waals surface area contributed by atoms with Crippen molar-refractivity contribution < 1.29 is 17.9 Å². The highest BCUT2D eigenvalue weighted by atomic mass is 32.2. The molecule has 1 unspecified atom stereocenters. The summed E-state index contributed by atoms with van der Waals surface area (Å²) in [7, 11) is -3.58. The number of hydrogen-bond donors (Lipinski definition) is 0. The zero-order valence-corrected chi connectivity index (χ0v) is 18.3. The lowest BCUT2D eigenvalue weighted by atomic mass is 10.1. The van der Waals surface area contributed by atoms with E-state index in [0.29, 0.717) is 31.3 Å². The fraction of sp³-hybridized carbons (Fsp3) is 0.429. The third kappa shape index (κ3) is 4.69. The van der Waals surface area contributed by atoms with E-state index in [9.17, 15) is 13.2 Å². The molecular weight excluding hydrogens is 422 g/mol. The number of pyridine rings is 1. The number of thioether (sulfide) groups is 1. The Kier molecular flexibility index (Phi) is 6.72. The Bertz CT molecular complexity index is 956. The maximum absolute atomic E-state index is 13.1. The zero-order valence-electron chi connectivity index (χ0n) is 16.6. The smallest absolute Gasteiger partial charge is 0.244 e. The van der Waals surface area contributed by atoms with Crippen LogP contribution in [0.15, 0.2) is 58.6 Å². The Balaban J connectivity index is 1.54. The first-order valence-corrected chi connectivity index (χ1v) is 12.4. The van der Waals surface area contributed by atoms with E-state index in [-0.39, 0.29) is 10.8 Å². The van der Waals surface area contributed by atoms with Crippen molar-refractivity contribution in [2.45, 2.75) is 28.0 Å². The predicted molar refractivity (Wildman–Crippen MR) is 115 cm³/mol. The van der Waals surface area contributed by atoms with Gasteiger partial charge in [-0.3, -0.25) is 4.79 Å². The SMILES string of the molecule is O=C(C(Sc1ccc(S(=O)(=O)N2CCOCC2)cn1)c1ccccc1)N1CCCC1. The van der Waals surface area contributed by atoms with Crippen LogP contribution in [-0.2, 0) is 19.6 Å². The summed E-state index contributed by atoms with van der Waals surface area (Å²) < 4.78 is 32.2. The van der Waals surface area contributed by atoms with E-state index in [0.717, 1.165) is 31.5 Å². The lowest BCUT2D eigenvalue weighted by Gasteiger charge is -2.26. The van der Waals surface area contributed by atoms with Gasteiger partial charge in [-0.25, -0.2) is 13.4 Å². The standard InChI is InChI=1S/C21H25N3O4S2/c25-21(23-10-4-5-11-23)20(17-6-2-1-3-7-17)29-19-9-8-18(16-22-19)30(26,27)24-12-14-28-15-13-24/h1-3,6-9,16,20H,4-5,10-15H2. The number of likely N-dealkylation sites (tertiary alicyclic amines) is 1. The third-order valence-corrected chi connectivity index (χ3v) is 8.37. The number of ether oxygens (including phenoxy) is 1. The first kappa shape index (κ1) is 21.3. The molecule has 0 spiro atoms. The van der Waals surface area contributed by atoms with Gasteiger partial charge in [0.05, 0.1) is 18.2 Å². The molecule has 160 valence electrons. The lowest BCUT2D eigenvalue weighted by molar-refractivity contribution is -0.129. The van der Waals surface area contributed by atoms with Gasteiger partial charge in [0, 0.05) is 32.4 Å². The van der Waals surface area contributed by atoms with Crippen molar-refractivity contribution in [1.29, 1.82) is 0 Å². The number of rotatable bonds is 6. The molecule has 0 saturated carbocycles. The summed E-state index contributed by atoms with van der Waals surface area (Å²) in [4.78, 5) is 19.6. The van der Waals surface area contributed by atoms with Crippen LogP contribution < -0.4 is 0 Å². The summed E-state index contributed by atoms with van der Waals surface area (Å²) in [5, 5.41) is 0.218. The molecule has 2 aliphatic rings. The molecule has 1 aromatic carbocycles. The molecule has 2 aliphatic heterocycles. The van der Waals surface area contributed by atoms with Gasteiger partial charge in [0.2, 0.25) is 15.9 Å². The molecule has 1 atom stereocenters. The quantitative estimate of drug-likeness (QED) is 0.633. The van der Waals surface area contributed by atoms with Crippen molar-refractivity contribution in [3.8, 4) is 0 Å². The minimum Gasteiger partial charge on any atom is -0.379 e. The molecule has 1 aromatic heterocycles. The van der Waals surface area contributed by atoms with Crippen LogP contribution in [0.25, 0.3) is 0 Å². The second-order valence-electron chi connectivity index (χ2n) is 7.29. The average Bonchev–Trinajstić information content (AvgIpc) is 3.34. The van der Waals surface area contributed by atoms with Crippen molar-refractivity contribution in [1.82, 2.24) is 14.2 Å². The summed E-state index contributed by atoms with van der Waals surface area (Å²) in [5.74, 6) is 0.0792. The molecule has 4 rings (SSSR count). The van der Waals surface area contributed by atoms with Crippen molar-refractivity contribution in [2.24, 2.45) is 0 Å². The lowest BCUT2D eigenvalue weighted by Crippen LogP contribution is -2.40. The van der Waals surface area contributed by atoms with Crippen LogP contribution in [0.3, 0.4) is 0 Å². The van der Waals surface area contributed by atoms with Gasteiger partial charge >= 0.3 is 0 Å². The highest BCUT2D eigenvalue weighted by molar-refractivity contribution is 8.00. The summed E-state index contributed by atoms with van der Waals surface area (Å²) >= 11 is 1.36. The molecule has 0 bridgehead atoms. The number of amides is 1. The Hall–Kier alpha value is -1.94. The van der Waals surface area contributed by atoms with Gasteiger partial charge in [-0.15, -0.1) is 0 Å². The van der Waals surface area contributed by atoms with Crippen LogP contribution in [0, 0.1) is 0 Å². The molecule has 7 nitrogen and oxygen atoms in total. The molecule has 2 aromatic rings. The van der Waals surface area contributed by atoms with Crippen LogP contribution in [0.4, 0.5) is 0 Å². The molecular formula is C21H25N3O4S2. The summed E-state index contributed by atoms with van der Waals surface area (Å²) in [5.41, 5.74) is 0.922. The molecule has 0 N–H and O–H groups in total. The number of hydrogen-bond acceptors (Lipinski definition) is 6. The number of morpholine rings is 1. The Morgan fingerprint density at radius 1 is 1.00 bits per heavy atom. The minimum absolute atomic E-state index is 0.0792. The van der Waals surface area contributed by atoms with Gasteiger partial charge in [-0.2, -0.15) is 4.31 Å². The van der Waals surface area contributed by atoms with Crippen LogP contribution in [0.5, 0.6) is 0 Å². The van der Waals surface area contributed by atoms with E-state index in [1.165, 1.54) is 22.3 Å². The minimum atomic E-state index is -3.58. The monoisotopic (exact) mass is 447 g/mol. The van der Waals surface area contributed by atoms with E-state index < -0.39 is 15.3 Å². The largest absolute Gasteiger partial charge is 0.379 e. The molecule has 2 fully saturated rings. The summed E-state index contributed by atoms with van der Waals surface area (Å²) in [6.45, 7) is 3.06. The number of carbonyl (C=O) groups excluding carboxylic acids is 1. The van der Waals surface area contributed by atoms with Crippen molar-refractivity contribution in [3.05, 3.63) is 54.2 Å². The Morgan fingerprint density at radius 3 is 2.33 bits per heavy atom. The summed E-state index contributed by atoms with van der Waals surface area (Å²) in [6.07, 6.45) is 3.45. The second kappa shape index (κ2) is 9.47. The highest BCUT2D eigenvalue weighted by Crippen LogP contribution is 2.36. The van der Waals surface area contributed by atoms with Crippen LogP contribution in [0.2, 0.25) is 0 Å². The maximum atomic E-state index is 13.1. The van der Waals surface area contributed by atoms with E-state index in [4.69, 9.17) is 4.74 Å². The molecule has 0 radical (unpaired) electrons. The van der Waals surface area contributed by atoms with Crippen molar-refractivity contribution >= 4 is 27.7 Å². The summed E-state index contributed by atoms with van der Waals surface area (Å²) in [6, 6.07) is 12.9. The van der Waals surface area contributed by atoms with Gasteiger partial charge in [-0.05, 0) is 30.5 Å². The van der Waals surface area contributed by atoms with E-state index in [2.05, 4.69) is 4.98 Å². The van der Waals surface area contributed by atoms with Crippen molar-refractivity contribution in [3.63, 3.8) is 0 Å². The molecule has 2 saturated heterocycles. The predicted octanol–water partition coefficient (Wildman–Crippen LogP) is 2.56. The van der Waals surface area contributed by atoms with Gasteiger partial charge in [0.1, 0.15) is 10.1 Å². The zero-order chi connectivity index (χ0) is 21.0. The first-order valence-electron chi connectivity index (χ1n) is 10.1. The van der Waals surface area contributed by atoms with E-state index in [1.807, 2.05) is 35.2 Å². The van der Waals surface area contributed by atoms with Crippen LogP contribution in [0.1, 0.15) is 23.7 Å². The van der Waals surface area contributed by atoms with Gasteiger partial charge in [0.25, 0.3) is 0 Å². The molecule has 3 heterocycles. The van der Waals surface area contributed by atoms with Crippen LogP contribution in [-0.4, -0.2) is 67.9 Å². The average molecular weight is 448 g/mol. The molecule has 30 heavy (non-hydrogen) atoms. The topological polar surface area (TPSA) is 79.8 Å². The number of nitrogens with zero attached hydrogens (tertiary/aromatic N) is 3. The number of sulfonamides is 1. The fourth-order valence-corrected chi connectivity index (χ4v) is 6.04. The van der Waals surface area contributed by atoms with Crippen molar-refractivity contribution in [2.75, 3.05) is 39.4 Å². The Morgan fingerprint density at radius 2 is 1.70 bits per heavy atom. The fourth-order valence-electron chi connectivity index (χ4n) is 3.64. The number of aromatic nitrogens is 1. The number of benzene rings is 1. The molecule has 9 heteroatoms.